The zero-order chi connectivity index (χ0) is 16.3. The van der Waals surface area contributed by atoms with Gasteiger partial charge in [-0.1, -0.05) is 0 Å². The van der Waals surface area contributed by atoms with Gasteiger partial charge in [-0.3, -0.25) is 14.9 Å². The number of carbonyl (C=O) groups is 1. The lowest BCUT2D eigenvalue weighted by molar-refractivity contribution is -0.384. The summed E-state index contributed by atoms with van der Waals surface area (Å²) in [7, 11) is -3.72. The zero-order valence-electron chi connectivity index (χ0n) is 12.1. The topological polar surface area (TPSA) is 110 Å². The molecule has 1 aliphatic heterocycles. The predicted octanol–water partition coefficient (Wildman–Crippen LogP) is 0.884. The molecule has 22 heavy (non-hydrogen) atoms. The largest absolute Gasteiger partial charge is 0.343 e. The van der Waals surface area contributed by atoms with Gasteiger partial charge in [0.25, 0.3) is 5.69 Å². The van der Waals surface area contributed by atoms with Gasteiger partial charge in [0.15, 0.2) is 0 Å². The van der Waals surface area contributed by atoms with Gasteiger partial charge in [-0.05, 0) is 25.0 Å². The van der Waals surface area contributed by atoms with Crippen molar-refractivity contribution >= 4 is 21.6 Å². The fourth-order valence-corrected chi connectivity index (χ4v) is 3.65. The quantitative estimate of drug-likeness (QED) is 0.652. The maximum absolute atomic E-state index is 12.2. The molecular formula is C13H17N3O5S. The van der Waals surface area contributed by atoms with E-state index in [2.05, 4.69) is 4.72 Å². The van der Waals surface area contributed by atoms with Crippen molar-refractivity contribution < 1.29 is 18.1 Å². The molecule has 0 unspecified atom stereocenters. The Morgan fingerprint density at radius 2 is 1.82 bits per heavy atom. The van der Waals surface area contributed by atoms with Crippen LogP contribution in [0.3, 0.4) is 0 Å². The number of carbonyl (C=O) groups excluding carboxylic acids is 1. The molecule has 0 bridgehead atoms. The summed E-state index contributed by atoms with van der Waals surface area (Å²) in [5.74, 6) is -0.0170. The molecule has 0 radical (unpaired) electrons. The van der Waals surface area contributed by atoms with Crippen molar-refractivity contribution in [3.63, 3.8) is 0 Å². The van der Waals surface area contributed by atoms with E-state index in [0.717, 1.165) is 12.1 Å². The average molecular weight is 327 g/mol. The number of rotatable bonds is 4. The summed E-state index contributed by atoms with van der Waals surface area (Å²) in [5.41, 5.74) is -0.159. The number of sulfonamides is 1. The third-order valence-electron chi connectivity index (χ3n) is 3.62. The van der Waals surface area contributed by atoms with Crippen LogP contribution in [0.4, 0.5) is 5.69 Å². The Hall–Kier alpha value is -2.00. The SMILES string of the molecule is CC(=O)N1CCC(NS(=O)(=O)c2ccc([N+](=O)[O-])cc2)CC1. The van der Waals surface area contributed by atoms with Crippen LogP contribution in [0.15, 0.2) is 29.2 Å². The Morgan fingerprint density at radius 3 is 2.27 bits per heavy atom. The molecular weight excluding hydrogens is 310 g/mol. The highest BCUT2D eigenvalue weighted by molar-refractivity contribution is 7.89. The summed E-state index contributed by atoms with van der Waals surface area (Å²) in [5, 5.41) is 10.6. The summed E-state index contributed by atoms with van der Waals surface area (Å²) in [4.78, 5) is 22.9. The normalized spacial score (nSPS) is 16.5. The molecule has 0 aliphatic carbocycles. The smallest absolute Gasteiger partial charge is 0.269 e. The van der Waals surface area contributed by atoms with Gasteiger partial charge in [0.1, 0.15) is 0 Å². The Kier molecular flexibility index (Phi) is 4.77. The lowest BCUT2D eigenvalue weighted by Crippen LogP contribution is -2.45. The van der Waals surface area contributed by atoms with Gasteiger partial charge >= 0.3 is 0 Å². The molecule has 1 saturated heterocycles. The Bertz CT molecular complexity index is 663. The van der Waals surface area contributed by atoms with E-state index in [9.17, 15) is 23.3 Å². The number of piperidine rings is 1. The number of hydrogen-bond acceptors (Lipinski definition) is 5. The van der Waals surface area contributed by atoms with Crippen LogP contribution >= 0.6 is 0 Å². The van der Waals surface area contributed by atoms with Crippen LogP contribution in [-0.4, -0.2) is 43.3 Å². The molecule has 0 aromatic heterocycles. The van der Waals surface area contributed by atoms with E-state index in [-0.39, 0.29) is 22.5 Å². The molecule has 1 fully saturated rings. The highest BCUT2D eigenvalue weighted by Crippen LogP contribution is 2.18. The van der Waals surface area contributed by atoms with Gasteiger partial charge in [0, 0.05) is 38.2 Å². The fourth-order valence-electron chi connectivity index (χ4n) is 2.35. The van der Waals surface area contributed by atoms with Gasteiger partial charge in [0.2, 0.25) is 15.9 Å². The van der Waals surface area contributed by atoms with Gasteiger partial charge < -0.3 is 4.90 Å². The van der Waals surface area contributed by atoms with E-state index in [1.807, 2.05) is 0 Å². The van der Waals surface area contributed by atoms with E-state index < -0.39 is 14.9 Å². The first-order chi connectivity index (χ1) is 10.3. The summed E-state index contributed by atoms with van der Waals surface area (Å²) in [6, 6.07) is 4.51. The van der Waals surface area contributed by atoms with Crippen molar-refractivity contribution in [1.82, 2.24) is 9.62 Å². The van der Waals surface area contributed by atoms with Crippen LogP contribution in [0.5, 0.6) is 0 Å². The molecule has 1 aliphatic rings. The molecule has 1 aromatic carbocycles. The van der Waals surface area contributed by atoms with E-state index in [1.54, 1.807) is 4.90 Å². The van der Waals surface area contributed by atoms with Crippen molar-refractivity contribution in [3.8, 4) is 0 Å². The number of likely N-dealkylation sites (tertiary alicyclic amines) is 1. The summed E-state index contributed by atoms with van der Waals surface area (Å²) in [6.45, 7) is 2.52. The second kappa shape index (κ2) is 6.41. The lowest BCUT2D eigenvalue weighted by atomic mass is 10.1. The molecule has 2 rings (SSSR count). The highest BCUT2D eigenvalue weighted by Gasteiger charge is 2.25. The first kappa shape index (κ1) is 16.4. The first-order valence-corrected chi connectivity index (χ1v) is 8.30. The Labute approximate surface area is 128 Å². The van der Waals surface area contributed by atoms with Crippen LogP contribution in [0.2, 0.25) is 0 Å². The second-order valence-corrected chi connectivity index (χ2v) is 6.87. The van der Waals surface area contributed by atoms with Crippen LogP contribution in [-0.2, 0) is 14.8 Å². The monoisotopic (exact) mass is 327 g/mol. The number of non-ortho nitro benzene ring substituents is 1. The van der Waals surface area contributed by atoms with Gasteiger partial charge in [-0.15, -0.1) is 0 Å². The zero-order valence-corrected chi connectivity index (χ0v) is 12.9. The summed E-state index contributed by atoms with van der Waals surface area (Å²) in [6.07, 6.45) is 1.09. The van der Waals surface area contributed by atoms with Crippen molar-refractivity contribution in [2.24, 2.45) is 0 Å². The molecule has 1 N–H and O–H groups in total. The molecule has 0 atom stereocenters. The van der Waals surface area contributed by atoms with Crippen LogP contribution in [0.1, 0.15) is 19.8 Å². The summed E-state index contributed by atoms with van der Waals surface area (Å²) < 4.78 is 27.1. The van der Waals surface area contributed by atoms with Gasteiger partial charge in [-0.25, -0.2) is 13.1 Å². The Morgan fingerprint density at radius 1 is 1.27 bits per heavy atom. The number of nitrogens with one attached hydrogen (secondary N) is 1. The van der Waals surface area contributed by atoms with Gasteiger partial charge in [0.05, 0.1) is 9.82 Å². The first-order valence-electron chi connectivity index (χ1n) is 6.82. The number of nitro groups is 1. The van der Waals surface area contributed by atoms with E-state index in [1.165, 1.54) is 19.1 Å². The summed E-state index contributed by atoms with van der Waals surface area (Å²) >= 11 is 0. The number of hydrogen-bond donors (Lipinski definition) is 1. The number of nitrogens with zero attached hydrogens (tertiary/aromatic N) is 2. The van der Waals surface area contributed by atoms with Crippen LogP contribution in [0.25, 0.3) is 0 Å². The fraction of sp³-hybridized carbons (Fsp3) is 0.462. The number of benzene rings is 1. The minimum absolute atomic E-state index is 0.00732. The maximum Gasteiger partial charge on any atom is 0.269 e. The van der Waals surface area contributed by atoms with Crippen molar-refractivity contribution in [2.45, 2.75) is 30.7 Å². The minimum atomic E-state index is -3.72. The molecule has 9 heteroatoms. The second-order valence-electron chi connectivity index (χ2n) is 5.15. The molecule has 120 valence electrons. The lowest BCUT2D eigenvalue weighted by Gasteiger charge is -2.31. The van der Waals surface area contributed by atoms with Crippen molar-refractivity contribution in [2.75, 3.05) is 13.1 Å². The van der Waals surface area contributed by atoms with E-state index in [4.69, 9.17) is 0 Å². The van der Waals surface area contributed by atoms with Gasteiger partial charge in [-0.2, -0.15) is 0 Å². The maximum atomic E-state index is 12.2. The molecule has 0 saturated carbocycles. The van der Waals surface area contributed by atoms with Crippen LogP contribution in [0, 0.1) is 10.1 Å². The Balaban J connectivity index is 2.02. The average Bonchev–Trinajstić information content (AvgIpc) is 2.47. The van der Waals surface area contributed by atoms with Crippen molar-refractivity contribution in [1.29, 1.82) is 0 Å². The molecule has 1 heterocycles. The molecule has 8 nitrogen and oxygen atoms in total. The predicted molar refractivity (Wildman–Crippen MR) is 78.7 cm³/mol. The molecule has 0 spiro atoms. The standard InChI is InChI=1S/C13H17N3O5S/c1-10(17)15-8-6-11(7-9-15)14-22(20,21)13-4-2-12(3-5-13)16(18)19/h2-5,11,14H,6-9H2,1H3. The molecule has 1 amide bonds. The number of amides is 1. The third kappa shape index (κ3) is 3.80. The van der Waals surface area contributed by atoms with Crippen LogP contribution < -0.4 is 4.72 Å². The minimum Gasteiger partial charge on any atom is -0.343 e. The number of nitro benzene ring substituents is 1. The third-order valence-corrected chi connectivity index (χ3v) is 5.16. The van der Waals surface area contributed by atoms with E-state index >= 15 is 0 Å². The highest BCUT2D eigenvalue weighted by atomic mass is 32.2. The molecule has 1 aromatic rings. The van der Waals surface area contributed by atoms with Crippen molar-refractivity contribution in [3.05, 3.63) is 34.4 Å². The van der Waals surface area contributed by atoms with E-state index in [0.29, 0.717) is 25.9 Å².